The first-order valence-electron chi connectivity index (χ1n) is 5.54. The van der Waals surface area contributed by atoms with Gasteiger partial charge in [0.2, 0.25) is 0 Å². The van der Waals surface area contributed by atoms with Crippen molar-refractivity contribution in [1.82, 2.24) is 9.97 Å². The van der Waals surface area contributed by atoms with E-state index in [-0.39, 0.29) is 0 Å². The van der Waals surface area contributed by atoms with Gasteiger partial charge in [-0.15, -0.1) is 0 Å². The van der Waals surface area contributed by atoms with E-state index in [4.69, 9.17) is 10.5 Å². The van der Waals surface area contributed by atoms with Crippen LogP contribution in [0, 0.1) is 6.92 Å². The zero-order chi connectivity index (χ0) is 13.0. The Bertz CT molecular complexity index is 528. The summed E-state index contributed by atoms with van der Waals surface area (Å²) in [5.41, 5.74) is 6.99. The van der Waals surface area contributed by atoms with E-state index in [1.165, 1.54) is 5.56 Å². The highest BCUT2D eigenvalue weighted by Gasteiger charge is 2.04. The van der Waals surface area contributed by atoms with E-state index in [0.29, 0.717) is 18.2 Å². The molecule has 18 heavy (non-hydrogen) atoms. The number of ether oxygens (including phenoxy) is 1. The van der Waals surface area contributed by atoms with Crippen molar-refractivity contribution in [2.45, 2.75) is 23.5 Å². The number of hydrogen-bond acceptors (Lipinski definition) is 5. The van der Waals surface area contributed by atoms with Crippen LogP contribution in [0.25, 0.3) is 0 Å². The molecule has 0 saturated heterocycles. The van der Waals surface area contributed by atoms with Crippen LogP contribution in [0.15, 0.2) is 40.3 Å². The van der Waals surface area contributed by atoms with E-state index >= 15 is 0 Å². The van der Waals surface area contributed by atoms with Gasteiger partial charge in [-0.2, -0.15) is 0 Å². The van der Waals surface area contributed by atoms with Crippen molar-refractivity contribution in [2.75, 3.05) is 12.8 Å². The molecule has 0 aliphatic carbocycles. The molecular weight excluding hydrogens is 246 g/mol. The average Bonchev–Trinajstić information content (AvgIpc) is 2.32. The average molecular weight is 261 g/mol. The molecular formula is C13H15N3OS. The Morgan fingerprint density at radius 2 is 1.94 bits per heavy atom. The van der Waals surface area contributed by atoms with Crippen molar-refractivity contribution in [3.05, 3.63) is 41.7 Å². The van der Waals surface area contributed by atoms with Gasteiger partial charge in [0, 0.05) is 18.1 Å². The van der Waals surface area contributed by atoms with Crippen LogP contribution in [0.3, 0.4) is 0 Å². The fraction of sp³-hybridized carbons (Fsp3) is 0.231. The van der Waals surface area contributed by atoms with E-state index in [1.807, 2.05) is 0 Å². The highest BCUT2D eigenvalue weighted by atomic mass is 32.2. The van der Waals surface area contributed by atoms with Gasteiger partial charge in [0.05, 0.1) is 0 Å². The smallest absolute Gasteiger partial charge is 0.157 e. The van der Waals surface area contributed by atoms with Crippen molar-refractivity contribution in [3.63, 3.8) is 0 Å². The summed E-state index contributed by atoms with van der Waals surface area (Å²) in [6.07, 6.45) is 0. The molecule has 2 aromatic rings. The zero-order valence-corrected chi connectivity index (χ0v) is 11.2. The predicted octanol–water partition coefficient (Wildman–Crippen LogP) is 2.66. The Balaban J connectivity index is 2.20. The number of rotatable bonds is 4. The Kier molecular flexibility index (Phi) is 4.17. The number of hydrogen-bond donors (Lipinski definition) is 1. The lowest BCUT2D eigenvalue weighted by atomic mass is 10.2. The summed E-state index contributed by atoms with van der Waals surface area (Å²) in [5, 5.41) is 0.832. The number of aromatic nitrogens is 2. The van der Waals surface area contributed by atoms with Gasteiger partial charge in [-0.3, -0.25) is 0 Å². The maximum atomic E-state index is 5.75. The lowest BCUT2D eigenvalue weighted by Crippen LogP contribution is -2.01. The van der Waals surface area contributed by atoms with E-state index in [2.05, 4.69) is 41.2 Å². The number of benzene rings is 1. The third-order valence-electron chi connectivity index (χ3n) is 2.29. The number of aryl methyl sites for hydroxylation is 1. The van der Waals surface area contributed by atoms with Gasteiger partial charge in [-0.1, -0.05) is 29.5 Å². The SMILES string of the molecule is COCc1nc(N)cc(Sc2ccc(C)cc2)n1. The molecule has 0 fully saturated rings. The van der Waals surface area contributed by atoms with Crippen molar-refractivity contribution in [1.29, 1.82) is 0 Å². The molecule has 4 nitrogen and oxygen atoms in total. The van der Waals surface area contributed by atoms with Crippen molar-refractivity contribution in [2.24, 2.45) is 0 Å². The minimum atomic E-state index is 0.368. The van der Waals surface area contributed by atoms with Gasteiger partial charge < -0.3 is 10.5 Å². The first-order valence-corrected chi connectivity index (χ1v) is 6.36. The van der Waals surface area contributed by atoms with E-state index in [1.54, 1.807) is 24.9 Å². The van der Waals surface area contributed by atoms with Crippen LogP contribution in [0.4, 0.5) is 5.82 Å². The Hall–Kier alpha value is -1.59. The maximum Gasteiger partial charge on any atom is 0.157 e. The quantitative estimate of drug-likeness (QED) is 0.857. The monoisotopic (exact) mass is 261 g/mol. The summed E-state index contributed by atoms with van der Waals surface area (Å²) in [6.45, 7) is 2.43. The van der Waals surface area contributed by atoms with Crippen molar-refractivity contribution < 1.29 is 4.74 Å². The molecule has 1 aromatic carbocycles. The Morgan fingerprint density at radius 3 is 2.61 bits per heavy atom. The lowest BCUT2D eigenvalue weighted by molar-refractivity contribution is 0.177. The molecule has 2 rings (SSSR count). The van der Waals surface area contributed by atoms with Crippen LogP contribution >= 0.6 is 11.8 Å². The third kappa shape index (κ3) is 3.45. The van der Waals surface area contributed by atoms with Gasteiger partial charge >= 0.3 is 0 Å². The minimum absolute atomic E-state index is 0.368. The van der Waals surface area contributed by atoms with Crippen LogP contribution in [0.2, 0.25) is 0 Å². The normalized spacial score (nSPS) is 10.6. The summed E-state index contributed by atoms with van der Waals surface area (Å²) < 4.78 is 5.01. The molecule has 0 unspecified atom stereocenters. The van der Waals surface area contributed by atoms with Crippen molar-refractivity contribution >= 4 is 17.6 Å². The van der Waals surface area contributed by atoms with E-state index in [9.17, 15) is 0 Å². The summed E-state index contributed by atoms with van der Waals surface area (Å²) in [7, 11) is 1.61. The molecule has 5 heteroatoms. The molecule has 0 radical (unpaired) electrons. The van der Waals surface area contributed by atoms with E-state index < -0.39 is 0 Å². The fourth-order valence-corrected chi connectivity index (χ4v) is 2.31. The van der Waals surface area contributed by atoms with Gasteiger partial charge in [0.25, 0.3) is 0 Å². The van der Waals surface area contributed by atoms with Gasteiger partial charge in [-0.05, 0) is 19.1 Å². The number of nitrogens with two attached hydrogens (primary N) is 1. The Morgan fingerprint density at radius 1 is 1.22 bits per heavy atom. The standard InChI is InChI=1S/C13H15N3OS/c1-9-3-5-10(6-4-9)18-13-7-11(14)15-12(16-13)8-17-2/h3-7H,8H2,1-2H3,(H2,14,15,16). The third-order valence-corrected chi connectivity index (χ3v) is 3.21. The van der Waals surface area contributed by atoms with Crippen LogP contribution in [-0.4, -0.2) is 17.1 Å². The summed E-state index contributed by atoms with van der Waals surface area (Å²) in [5.74, 6) is 1.07. The summed E-state index contributed by atoms with van der Waals surface area (Å²) >= 11 is 1.56. The molecule has 0 amide bonds. The second-order valence-corrected chi connectivity index (χ2v) is 4.99. The van der Waals surface area contributed by atoms with Gasteiger partial charge in [0.15, 0.2) is 5.82 Å². The fourth-order valence-electron chi connectivity index (χ4n) is 1.47. The predicted molar refractivity (Wildman–Crippen MR) is 72.5 cm³/mol. The number of anilines is 1. The first kappa shape index (κ1) is 12.9. The molecule has 0 atom stereocenters. The maximum absolute atomic E-state index is 5.75. The largest absolute Gasteiger partial charge is 0.384 e. The first-order chi connectivity index (χ1) is 8.67. The second-order valence-electron chi connectivity index (χ2n) is 3.90. The van der Waals surface area contributed by atoms with Crippen LogP contribution in [0.5, 0.6) is 0 Å². The van der Waals surface area contributed by atoms with E-state index in [0.717, 1.165) is 9.92 Å². The molecule has 1 aromatic heterocycles. The molecule has 0 bridgehead atoms. The molecule has 0 aliphatic heterocycles. The van der Waals surface area contributed by atoms with Crippen molar-refractivity contribution in [3.8, 4) is 0 Å². The number of nitrogens with zero attached hydrogens (tertiary/aromatic N) is 2. The summed E-state index contributed by atoms with van der Waals surface area (Å²) in [4.78, 5) is 9.62. The zero-order valence-electron chi connectivity index (χ0n) is 10.4. The number of nitrogen functional groups attached to an aromatic ring is 1. The highest BCUT2D eigenvalue weighted by molar-refractivity contribution is 7.99. The summed E-state index contributed by atoms with van der Waals surface area (Å²) in [6, 6.07) is 10.0. The van der Waals surface area contributed by atoms with Crippen LogP contribution in [-0.2, 0) is 11.3 Å². The molecule has 2 N–H and O–H groups in total. The molecule has 94 valence electrons. The lowest BCUT2D eigenvalue weighted by Gasteiger charge is -2.05. The molecule has 0 aliphatic rings. The molecule has 1 heterocycles. The topological polar surface area (TPSA) is 61.0 Å². The molecule has 0 spiro atoms. The number of methoxy groups -OCH3 is 1. The highest BCUT2D eigenvalue weighted by Crippen LogP contribution is 2.27. The second kappa shape index (κ2) is 5.84. The molecule has 0 saturated carbocycles. The minimum Gasteiger partial charge on any atom is -0.384 e. The van der Waals surface area contributed by atoms with Gasteiger partial charge in [0.1, 0.15) is 17.5 Å². The van der Waals surface area contributed by atoms with Gasteiger partial charge in [-0.25, -0.2) is 9.97 Å². The Labute approximate surface area is 111 Å². The van der Waals surface area contributed by atoms with Crippen LogP contribution < -0.4 is 5.73 Å². The van der Waals surface area contributed by atoms with Crippen LogP contribution in [0.1, 0.15) is 11.4 Å².